The van der Waals surface area contributed by atoms with Crippen LogP contribution in [0.2, 0.25) is 0 Å². The largest absolute Gasteiger partial charge is 0.507 e. The Hall–Kier alpha value is -3.55. The maximum Gasteiger partial charge on any atom is 0.416 e. The number of anilines is 1. The van der Waals surface area contributed by atoms with Gasteiger partial charge in [0.1, 0.15) is 5.75 Å². The summed E-state index contributed by atoms with van der Waals surface area (Å²) >= 11 is 0. The third kappa shape index (κ3) is 4.59. The monoisotopic (exact) mass is 387 g/mol. The van der Waals surface area contributed by atoms with E-state index in [0.29, 0.717) is 5.56 Å². The summed E-state index contributed by atoms with van der Waals surface area (Å²) < 4.78 is 38.1. The van der Waals surface area contributed by atoms with Crippen molar-refractivity contribution in [1.82, 2.24) is 5.43 Å². The second-order valence-electron chi connectivity index (χ2n) is 5.94. The second kappa shape index (κ2) is 7.99. The molecule has 0 bridgehead atoms. The molecule has 0 spiro atoms. The number of aromatic hydroxyl groups is 1. The molecular weight excluding hydrogens is 371 g/mol. The van der Waals surface area contributed by atoms with Crippen LogP contribution in [0.1, 0.15) is 11.1 Å². The molecule has 0 atom stereocenters. The lowest BCUT2D eigenvalue weighted by atomic mass is 10.0. The number of carbonyl (C=O) groups excluding carboxylic acids is 1. The molecule has 3 aromatic rings. The van der Waals surface area contributed by atoms with Gasteiger partial charge in [-0.05, 0) is 35.0 Å². The number of hydrazone groups is 1. The van der Waals surface area contributed by atoms with E-state index in [1.54, 1.807) is 6.07 Å². The van der Waals surface area contributed by atoms with Gasteiger partial charge in [0.05, 0.1) is 18.3 Å². The fourth-order valence-corrected chi connectivity index (χ4v) is 2.62. The number of nitrogens with one attached hydrogen (secondary N) is 2. The highest BCUT2D eigenvalue weighted by Gasteiger charge is 2.30. The van der Waals surface area contributed by atoms with Crippen LogP contribution in [-0.4, -0.2) is 23.8 Å². The van der Waals surface area contributed by atoms with Crippen LogP contribution in [0.25, 0.3) is 10.8 Å². The molecule has 0 saturated carbocycles. The van der Waals surface area contributed by atoms with Crippen molar-refractivity contribution in [2.75, 3.05) is 11.9 Å². The van der Waals surface area contributed by atoms with Crippen molar-refractivity contribution in [2.24, 2.45) is 5.10 Å². The van der Waals surface area contributed by atoms with Crippen molar-refractivity contribution >= 4 is 28.6 Å². The number of rotatable bonds is 5. The molecule has 3 N–H and O–H groups in total. The molecule has 3 aromatic carbocycles. The third-order valence-electron chi connectivity index (χ3n) is 3.97. The van der Waals surface area contributed by atoms with Gasteiger partial charge in [0.2, 0.25) is 0 Å². The van der Waals surface area contributed by atoms with E-state index < -0.39 is 17.6 Å². The van der Waals surface area contributed by atoms with Gasteiger partial charge in [0.15, 0.2) is 0 Å². The van der Waals surface area contributed by atoms with Crippen LogP contribution in [0.4, 0.5) is 18.9 Å². The highest BCUT2D eigenvalue weighted by molar-refractivity contribution is 6.02. The summed E-state index contributed by atoms with van der Waals surface area (Å²) in [5, 5.41) is 18.1. The number of nitrogens with zero attached hydrogens (tertiary/aromatic N) is 1. The quantitative estimate of drug-likeness (QED) is 0.455. The standard InChI is InChI=1S/C20H16F3N3O2/c21-20(22,23)14-5-3-6-15(10-14)24-12-19(28)26-25-11-17-16-7-2-1-4-13(16)8-9-18(17)27/h1-11,24,27H,12H2,(H,26,28)/b25-11-. The molecule has 0 unspecified atom stereocenters. The Balaban J connectivity index is 1.62. The van der Waals surface area contributed by atoms with Crippen molar-refractivity contribution in [1.29, 1.82) is 0 Å². The Morgan fingerprint density at radius 2 is 1.86 bits per heavy atom. The van der Waals surface area contributed by atoms with Crippen molar-refractivity contribution in [3.05, 3.63) is 71.8 Å². The van der Waals surface area contributed by atoms with E-state index in [4.69, 9.17) is 0 Å². The second-order valence-corrected chi connectivity index (χ2v) is 5.94. The van der Waals surface area contributed by atoms with E-state index in [2.05, 4.69) is 15.8 Å². The normalized spacial score (nSPS) is 11.7. The zero-order valence-electron chi connectivity index (χ0n) is 14.5. The minimum absolute atomic E-state index is 0.0128. The van der Waals surface area contributed by atoms with E-state index in [9.17, 15) is 23.1 Å². The molecule has 1 amide bonds. The molecule has 0 aromatic heterocycles. The minimum atomic E-state index is -4.45. The smallest absolute Gasteiger partial charge is 0.416 e. The molecule has 0 fully saturated rings. The van der Waals surface area contributed by atoms with E-state index in [0.717, 1.165) is 22.9 Å². The predicted molar refractivity (Wildman–Crippen MR) is 101 cm³/mol. The number of amides is 1. The van der Waals surface area contributed by atoms with E-state index in [-0.39, 0.29) is 18.0 Å². The fraction of sp³-hybridized carbons (Fsp3) is 0.100. The number of halogens is 3. The molecule has 0 heterocycles. The number of benzene rings is 3. The molecule has 0 aliphatic rings. The van der Waals surface area contributed by atoms with Gasteiger partial charge in [-0.1, -0.05) is 36.4 Å². The molecule has 0 saturated heterocycles. The summed E-state index contributed by atoms with van der Waals surface area (Å²) in [5.74, 6) is -0.535. The lowest BCUT2D eigenvalue weighted by Crippen LogP contribution is -2.26. The number of fused-ring (bicyclic) bond motifs is 1. The zero-order valence-corrected chi connectivity index (χ0v) is 14.5. The van der Waals surface area contributed by atoms with Gasteiger partial charge >= 0.3 is 6.18 Å². The first kappa shape index (κ1) is 19.2. The molecule has 3 rings (SSSR count). The molecule has 0 aliphatic heterocycles. The summed E-state index contributed by atoms with van der Waals surface area (Å²) in [6, 6.07) is 15.2. The Morgan fingerprint density at radius 1 is 1.07 bits per heavy atom. The van der Waals surface area contributed by atoms with Crippen LogP contribution >= 0.6 is 0 Å². The Kier molecular flexibility index (Phi) is 5.49. The highest BCUT2D eigenvalue weighted by atomic mass is 19.4. The van der Waals surface area contributed by atoms with E-state index in [1.165, 1.54) is 24.4 Å². The number of alkyl halides is 3. The minimum Gasteiger partial charge on any atom is -0.507 e. The van der Waals surface area contributed by atoms with Crippen molar-refractivity contribution in [2.45, 2.75) is 6.18 Å². The highest BCUT2D eigenvalue weighted by Crippen LogP contribution is 2.30. The molecule has 0 aliphatic carbocycles. The van der Waals surface area contributed by atoms with Gasteiger partial charge in [0, 0.05) is 11.3 Å². The third-order valence-corrected chi connectivity index (χ3v) is 3.97. The van der Waals surface area contributed by atoms with Crippen molar-refractivity contribution in [3.8, 4) is 5.75 Å². The van der Waals surface area contributed by atoms with Gasteiger partial charge in [0.25, 0.3) is 5.91 Å². The molecular formula is C20H16F3N3O2. The lowest BCUT2D eigenvalue weighted by molar-refractivity contribution is -0.137. The van der Waals surface area contributed by atoms with Crippen LogP contribution in [-0.2, 0) is 11.0 Å². The Bertz CT molecular complexity index is 1030. The first-order valence-corrected chi connectivity index (χ1v) is 8.28. The van der Waals surface area contributed by atoms with Crippen LogP contribution in [0.5, 0.6) is 5.75 Å². The predicted octanol–water partition coefficient (Wildman–Crippen LogP) is 4.13. The maximum atomic E-state index is 12.7. The summed E-state index contributed by atoms with van der Waals surface area (Å²) in [6.07, 6.45) is -3.13. The fourth-order valence-electron chi connectivity index (χ4n) is 2.62. The Morgan fingerprint density at radius 3 is 2.64 bits per heavy atom. The summed E-state index contributed by atoms with van der Waals surface area (Å²) in [4.78, 5) is 11.9. The van der Waals surface area contributed by atoms with Crippen LogP contribution < -0.4 is 10.7 Å². The molecule has 0 radical (unpaired) electrons. The average Bonchev–Trinajstić information content (AvgIpc) is 2.67. The summed E-state index contributed by atoms with van der Waals surface area (Å²) in [6.45, 7) is -0.264. The number of hydrogen-bond donors (Lipinski definition) is 3. The topological polar surface area (TPSA) is 73.7 Å². The number of carbonyl (C=O) groups is 1. The van der Waals surface area contributed by atoms with Gasteiger partial charge in [-0.25, -0.2) is 5.43 Å². The number of phenols is 1. The van der Waals surface area contributed by atoms with Gasteiger partial charge < -0.3 is 10.4 Å². The van der Waals surface area contributed by atoms with Crippen molar-refractivity contribution in [3.63, 3.8) is 0 Å². The maximum absolute atomic E-state index is 12.7. The molecule has 28 heavy (non-hydrogen) atoms. The van der Waals surface area contributed by atoms with Gasteiger partial charge in [-0.3, -0.25) is 4.79 Å². The molecule has 144 valence electrons. The van der Waals surface area contributed by atoms with Gasteiger partial charge in [-0.15, -0.1) is 0 Å². The SMILES string of the molecule is O=C(CNc1cccc(C(F)(F)F)c1)N/N=C\c1c(O)ccc2ccccc12. The van der Waals surface area contributed by atoms with Crippen LogP contribution in [0.15, 0.2) is 65.8 Å². The number of hydrogen-bond acceptors (Lipinski definition) is 4. The average molecular weight is 387 g/mol. The molecule has 5 nitrogen and oxygen atoms in total. The van der Waals surface area contributed by atoms with E-state index >= 15 is 0 Å². The first-order chi connectivity index (χ1) is 13.3. The number of phenolic OH excluding ortho intramolecular Hbond substituents is 1. The van der Waals surface area contributed by atoms with Gasteiger partial charge in [-0.2, -0.15) is 18.3 Å². The molecule has 8 heteroatoms. The van der Waals surface area contributed by atoms with E-state index in [1.807, 2.05) is 24.3 Å². The van der Waals surface area contributed by atoms with Crippen LogP contribution in [0, 0.1) is 0 Å². The Labute approximate surface area is 158 Å². The van der Waals surface area contributed by atoms with Crippen LogP contribution in [0.3, 0.4) is 0 Å². The zero-order chi connectivity index (χ0) is 20.1. The lowest BCUT2D eigenvalue weighted by Gasteiger charge is -2.10. The summed E-state index contributed by atoms with van der Waals surface area (Å²) in [7, 11) is 0. The first-order valence-electron chi connectivity index (χ1n) is 8.28. The van der Waals surface area contributed by atoms with Crippen molar-refractivity contribution < 1.29 is 23.1 Å². The summed E-state index contributed by atoms with van der Waals surface area (Å²) in [5.41, 5.74) is 2.09.